The minimum absolute atomic E-state index is 0.00896. The third-order valence-electron chi connectivity index (χ3n) is 8.06. The molecular weight excluding hydrogens is 526 g/mol. The van der Waals surface area contributed by atoms with Gasteiger partial charge in [0.2, 0.25) is 0 Å². The summed E-state index contributed by atoms with van der Waals surface area (Å²) in [7, 11) is 0. The van der Waals surface area contributed by atoms with Gasteiger partial charge in [0.15, 0.2) is 17.3 Å². The molecule has 1 aliphatic carbocycles. The van der Waals surface area contributed by atoms with Crippen LogP contribution in [0.2, 0.25) is 0 Å². The van der Waals surface area contributed by atoms with E-state index in [1.165, 1.54) is 5.56 Å². The van der Waals surface area contributed by atoms with Crippen LogP contribution in [0.25, 0.3) is 45.0 Å². The molecule has 7 aromatic rings. The Bertz CT molecular complexity index is 2210. The van der Waals surface area contributed by atoms with Gasteiger partial charge in [-0.3, -0.25) is 14.3 Å². The van der Waals surface area contributed by atoms with E-state index in [1.807, 2.05) is 70.8 Å². The smallest absolute Gasteiger partial charge is 0.260 e. The monoisotopic (exact) mass is 551 g/mol. The molecule has 0 spiro atoms. The van der Waals surface area contributed by atoms with Gasteiger partial charge < -0.3 is 10.3 Å². The fraction of sp³-hybridized carbons (Fsp3) is 0.125. The first-order valence-corrected chi connectivity index (χ1v) is 13.8. The minimum atomic E-state index is -0.0522. The molecule has 1 aliphatic rings. The lowest BCUT2D eigenvalue weighted by Crippen LogP contribution is -2.26. The molecule has 204 valence electrons. The van der Waals surface area contributed by atoms with Crippen LogP contribution in [0.1, 0.15) is 29.3 Å². The van der Waals surface area contributed by atoms with Crippen molar-refractivity contribution in [2.75, 3.05) is 5.73 Å². The second-order valence-corrected chi connectivity index (χ2v) is 10.5. The number of hydrogen-bond donors (Lipinski definition) is 1. The van der Waals surface area contributed by atoms with Crippen LogP contribution in [0.5, 0.6) is 0 Å². The number of rotatable bonds is 4. The second-order valence-electron chi connectivity index (χ2n) is 10.5. The van der Waals surface area contributed by atoms with Crippen molar-refractivity contribution in [2.24, 2.45) is 0 Å². The molecule has 1 aromatic carbocycles. The van der Waals surface area contributed by atoms with Gasteiger partial charge in [0.1, 0.15) is 11.3 Å². The number of aryl methyl sites for hydroxylation is 2. The molecule has 0 fully saturated rings. The first-order valence-electron chi connectivity index (χ1n) is 13.8. The van der Waals surface area contributed by atoms with Gasteiger partial charge in [0.05, 0.1) is 22.5 Å². The van der Waals surface area contributed by atoms with Gasteiger partial charge in [0.25, 0.3) is 5.56 Å². The molecule has 0 amide bonds. The maximum atomic E-state index is 13.6. The van der Waals surface area contributed by atoms with Crippen molar-refractivity contribution >= 4 is 27.9 Å². The first-order chi connectivity index (χ1) is 20.6. The molecule has 0 bridgehead atoms. The van der Waals surface area contributed by atoms with E-state index in [9.17, 15) is 4.79 Å². The van der Waals surface area contributed by atoms with Crippen LogP contribution in [0.4, 0.5) is 5.82 Å². The van der Waals surface area contributed by atoms with Crippen LogP contribution < -0.4 is 11.3 Å². The van der Waals surface area contributed by atoms with Crippen LogP contribution in [-0.4, -0.2) is 38.9 Å². The summed E-state index contributed by atoms with van der Waals surface area (Å²) in [6, 6.07) is 21.4. The normalized spacial score (nSPS) is 14.5. The number of anilines is 1. The van der Waals surface area contributed by atoms with Crippen molar-refractivity contribution in [2.45, 2.75) is 25.8 Å². The molecule has 8 rings (SSSR count). The number of benzene rings is 1. The predicted molar refractivity (Wildman–Crippen MR) is 161 cm³/mol. The molecule has 10 heteroatoms. The Balaban J connectivity index is 1.30. The molecule has 0 saturated heterocycles. The zero-order chi connectivity index (χ0) is 28.4. The van der Waals surface area contributed by atoms with Gasteiger partial charge in [-0.05, 0) is 91.6 Å². The number of nitrogens with two attached hydrogens (primary N) is 1. The number of hydrogen-bond acceptors (Lipinski definition) is 7. The molecule has 42 heavy (non-hydrogen) atoms. The van der Waals surface area contributed by atoms with Crippen molar-refractivity contribution in [1.82, 2.24) is 38.9 Å². The van der Waals surface area contributed by atoms with E-state index < -0.39 is 0 Å². The molecule has 1 atom stereocenters. The molecule has 1 unspecified atom stereocenters. The van der Waals surface area contributed by atoms with Crippen LogP contribution >= 0.6 is 0 Å². The Morgan fingerprint density at radius 1 is 0.905 bits per heavy atom. The average molecular weight is 552 g/mol. The summed E-state index contributed by atoms with van der Waals surface area (Å²) in [5.74, 6) is 1.73. The van der Waals surface area contributed by atoms with Crippen LogP contribution in [0, 0.1) is 6.92 Å². The van der Waals surface area contributed by atoms with Gasteiger partial charge in [-0.1, -0.05) is 6.07 Å². The molecule has 2 N–H and O–H groups in total. The highest BCUT2D eigenvalue weighted by Crippen LogP contribution is 2.38. The lowest BCUT2D eigenvalue weighted by molar-refractivity contribution is 0.551. The largest absolute Gasteiger partial charge is 0.383 e. The highest BCUT2D eigenvalue weighted by molar-refractivity contribution is 5.83. The Labute approximate surface area is 239 Å². The molecule has 10 nitrogen and oxygen atoms in total. The summed E-state index contributed by atoms with van der Waals surface area (Å²) in [5.41, 5.74) is 13.3. The van der Waals surface area contributed by atoms with E-state index in [2.05, 4.69) is 33.3 Å². The van der Waals surface area contributed by atoms with Crippen LogP contribution in [0.3, 0.4) is 0 Å². The number of nitrogen functional groups attached to an aromatic ring is 1. The first kappa shape index (κ1) is 24.2. The quantitative estimate of drug-likeness (QED) is 0.333. The Morgan fingerprint density at radius 3 is 2.64 bits per heavy atom. The van der Waals surface area contributed by atoms with E-state index in [4.69, 9.17) is 15.7 Å². The molecule has 0 aliphatic heterocycles. The number of fused-ring (bicyclic) bond motifs is 3. The fourth-order valence-electron chi connectivity index (χ4n) is 6.16. The van der Waals surface area contributed by atoms with E-state index in [0.29, 0.717) is 28.5 Å². The predicted octanol–water partition coefficient (Wildman–Crippen LogP) is 4.80. The highest BCUT2D eigenvalue weighted by Gasteiger charge is 2.28. The Morgan fingerprint density at radius 2 is 1.79 bits per heavy atom. The summed E-state index contributed by atoms with van der Waals surface area (Å²) >= 11 is 0. The zero-order valence-corrected chi connectivity index (χ0v) is 22.7. The van der Waals surface area contributed by atoms with Crippen LogP contribution in [0.15, 0.2) is 96.3 Å². The van der Waals surface area contributed by atoms with Crippen LogP contribution in [-0.2, 0) is 6.42 Å². The number of pyridine rings is 4. The van der Waals surface area contributed by atoms with E-state index in [-0.39, 0.29) is 11.6 Å². The van der Waals surface area contributed by atoms with E-state index in [0.717, 1.165) is 46.4 Å². The summed E-state index contributed by atoms with van der Waals surface area (Å²) in [4.78, 5) is 32.2. The van der Waals surface area contributed by atoms with Crippen molar-refractivity contribution < 1.29 is 0 Å². The Kier molecular flexibility index (Phi) is 5.30. The lowest BCUT2D eigenvalue weighted by atomic mass is 10.1. The molecule has 6 heterocycles. The molecule has 0 radical (unpaired) electrons. The Hall–Kier alpha value is -5.64. The average Bonchev–Trinajstić information content (AvgIpc) is 3.76. The summed E-state index contributed by atoms with van der Waals surface area (Å²) in [6.07, 6.45) is 8.65. The van der Waals surface area contributed by atoms with E-state index in [1.54, 1.807) is 23.3 Å². The SMILES string of the molecule is Cc1cc2ncccc2c(=O)n1C1CCc2cc(-n3c(-c4cccnc4N)nc4ccc(-n5cccn5)nc43)ccc21. The summed E-state index contributed by atoms with van der Waals surface area (Å²) in [6.45, 7) is 1.98. The van der Waals surface area contributed by atoms with Crippen molar-refractivity contribution in [3.8, 4) is 22.9 Å². The number of aromatic nitrogens is 8. The number of imidazole rings is 1. The van der Waals surface area contributed by atoms with Crippen molar-refractivity contribution in [3.63, 3.8) is 0 Å². The standard InChI is InChI=1S/C32H25N9O/c1-19-17-26-23(5-2-13-34-26)32(42)40(19)27-11-7-20-18-21(8-9-22(20)27)41-30(24-6-3-14-35-29(24)33)37-25-10-12-28(38-31(25)41)39-16-4-15-36-39/h2-6,8-10,12-18,27H,7,11H2,1H3,(H2,33,35). The second kappa shape index (κ2) is 9.20. The maximum Gasteiger partial charge on any atom is 0.260 e. The van der Waals surface area contributed by atoms with Gasteiger partial charge in [-0.25, -0.2) is 19.6 Å². The molecule has 6 aromatic heterocycles. The third kappa shape index (κ3) is 3.65. The lowest BCUT2D eigenvalue weighted by Gasteiger charge is -2.20. The van der Waals surface area contributed by atoms with E-state index >= 15 is 0 Å². The maximum absolute atomic E-state index is 13.6. The zero-order valence-electron chi connectivity index (χ0n) is 22.7. The molecule has 0 saturated carbocycles. The fourth-order valence-corrected chi connectivity index (χ4v) is 6.16. The summed E-state index contributed by atoms with van der Waals surface area (Å²) in [5, 5.41) is 4.99. The van der Waals surface area contributed by atoms with Crippen molar-refractivity contribution in [1.29, 1.82) is 0 Å². The number of nitrogens with zero attached hydrogens (tertiary/aromatic N) is 8. The van der Waals surface area contributed by atoms with Crippen molar-refractivity contribution in [3.05, 3.63) is 119 Å². The van der Waals surface area contributed by atoms with Gasteiger partial charge in [-0.2, -0.15) is 5.10 Å². The third-order valence-corrected chi connectivity index (χ3v) is 8.06. The highest BCUT2D eigenvalue weighted by atomic mass is 16.1. The van der Waals surface area contributed by atoms with Gasteiger partial charge >= 0.3 is 0 Å². The van der Waals surface area contributed by atoms with Gasteiger partial charge in [-0.15, -0.1) is 0 Å². The summed E-state index contributed by atoms with van der Waals surface area (Å²) < 4.78 is 5.67. The minimum Gasteiger partial charge on any atom is -0.383 e. The molecular formula is C32H25N9O. The topological polar surface area (TPSA) is 122 Å². The van der Waals surface area contributed by atoms with Gasteiger partial charge in [0, 0.05) is 36.2 Å².